The number of piperidine rings is 2. The van der Waals surface area contributed by atoms with E-state index in [4.69, 9.17) is 4.74 Å². The molecule has 0 aliphatic carbocycles. The van der Waals surface area contributed by atoms with Crippen LogP contribution in [0.5, 0.6) is 0 Å². The first-order valence-electron chi connectivity index (χ1n) is 11.8. The van der Waals surface area contributed by atoms with Crippen molar-refractivity contribution >= 4 is 23.5 Å². The summed E-state index contributed by atoms with van der Waals surface area (Å²) in [6.45, 7) is 3.95. The van der Waals surface area contributed by atoms with Crippen LogP contribution in [0, 0.1) is 5.92 Å². The van der Waals surface area contributed by atoms with Crippen molar-refractivity contribution in [2.24, 2.45) is 5.92 Å². The lowest BCUT2D eigenvalue weighted by Crippen LogP contribution is -2.52. The van der Waals surface area contributed by atoms with Gasteiger partial charge in [0.25, 0.3) is 5.91 Å². The second-order valence-electron chi connectivity index (χ2n) is 9.05. The Morgan fingerprint density at radius 3 is 2.69 bits per heavy atom. The van der Waals surface area contributed by atoms with Crippen LogP contribution in [0.15, 0.2) is 30.3 Å². The fourth-order valence-electron chi connectivity index (χ4n) is 5.39. The van der Waals surface area contributed by atoms with Gasteiger partial charge >= 0.3 is 6.03 Å². The number of imide groups is 1. The normalized spacial score (nSPS) is 26.0. The summed E-state index contributed by atoms with van der Waals surface area (Å²) >= 11 is 0. The van der Waals surface area contributed by atoms with Gasteiger partial charge in [-0.2, -0.15) is 0 Å². The minimum Gasteiger partial charge on any atom is -0.383 e. The van der Waals surface area contributed by atoms with Crippen LogP contribution in [0.25, 0.3) is 0 Å². The first-order chi connectivity index (χ1) is 15.6. The molecule has 4 amide bonds. The van der Waals surface area contributed by atoms with Crippen LogP contribution in [-0.2, 0) is 14.3 Å². The van der Waals surface area contributed by atoms with Gasteiger partial charge in [-0.25, -0.2) is 9.69 Å². The SMILES string of the molecule is COCCN(C[C@@H]1CCCN2CCCC[C@H]12)C(=O)C[C@@H]1NC(=O)N(c2ccccc2)C1=O. The number of methoxy groups -OCH3 is 1. The highest BCUT2D eigenvalue weighted by Crippen LogP contribution is 2.31. The summed E-state index contributed by atoms with van der Waals surface area (Å²) in [5.74, 6) is -0.0412. The summed E-state index contributed by atoms with van der Waals surface area (Å²) in [6.07, 6.45) is 5.97. The van der Waals surface area contributed by atoms with E-state index in [9.17, 15) is 14.4 Å². The predicted octanol–water partition coefficient (Wildman–Crippen LogP) is 2.24. The topological polar surface area (TPSA) is 82.2 Å². The van der Waals surface area contributed by atoms with Gasteiger partial charge in [0.15, 0.2) is 0 Å². The average Bonchev–Trinajstić information content (AvgIpc) is 3.09. The fraction of sp³-hybridized carbons (Fsp3) is 0.625. The van der Waals surface area contributed by atoms with E-state index < -0.39 is 12.1 Å². The number of hydrogen-bond acceptors (Lipinski definition) is 5. The van der Waals surface area contributed by atoms with E-state index >= 15 is 0 Å². The van der Waals surface area contributed by atoms with Crippen molar-refractivity contribution in [3.63, 3.8) is 0 Å². The van der Waals surface area contributed by atoms with Gasteiger partial charge in [0, 0.05) is 26.2 Å². The Morgan fingerprint density at radius 2 is 1.91 bits per heavy atom. The van der Waals surface area contributed by atoms with Crippen molar-refractivity contribution in [1.29, 1.82) is 0 Å². The Balaban J connectivity index is 1.42. The van der Waals surface area contributed by atoms with Gasteiger partial charge in [-0.1, -0.05) is 24.6 Å². The standard InChI is InChI=1S/C24H34N4O4/c1-32-15-14-27(17-18-8-7-13-26-12-6-5-11-21(18)26)22(29)16-20-23(30)28(24(31)25-20)19-9-3-2-4-10-19/h2-4,9-10,18,20-21H,5-8,11-17H2,1H3,(H,25,31)/t18-,20-,21+/m0/s1. The van der Waals surface area contributed by atoms with Crippen molar-refractivity contribution in [2.45, 2.75) is 50.6 Å². The third kappa shape index (κ3) is 4.96. The molecule has 3 saturated heterocycles. The van der Waals surface area contributed by atoms with Crippen molar-refractivity contribution < 1.29 is 19.1 Å². The molecule has 8 nitrogen and oxygen atoms in total. The molecule has 3 fully saturated rings. The molecule has 3 aliphatic rings. The summed E-state index contributed by atoms with van der Waals surface area (Å²) in [7, 11) is 1.63. The van der Waals surface area contributed by atoms with Crippen LogP contribution in [0.3, 0.4) is 0 Å². The van der Waals surface area contributed by atoms with Gasteiger partial charge in [-0.05, 0) is 56.8 Å². The molecule has 0 radical (unpaired) electrons. The van der Waals surface area contributed by atoms with E-state index in [0.29, 0.717) is 37.3 Å². The zero-order valence-corrected chi connectivity index (χ0v) is 18.9. The van der Waals surface area contributed by atoms with Crippen molar-refractivity contribution in [3.8, 4) is 0 Å². The van der Waals surface area contributed by atoms with Crippen molar-refractivity contribution in [3.05, 3.63) is 30.3 Å². The Kier molecular flexibility index (Phi) is 7.42. The molecule has 0 saturated carbocycles. The van der Waals surface area contributed by atoms with Crippen LogP contribution in [0.1, 0.15) is 38.5 Å². The molecular weight excluding hydrogens is 408 g/mol. The number of urea groups is 1. The third-order valence-corrected chi connectivity index (χ3v) is 7.01. The van der Waals surface area contributed by atoms with E-state index in [1.807, 2.05) is 11.0 Å². The van der Waals surface area contributed by atoms with Gasteiger partial charge < -0.3 is 19.9 Å². The van der Waals surface area contributed by atoms with Gasteiger partial charge in [-0.3, -0.25) is 9.59 Å². The number of ether oxygens (including phenoxy) is 1. The number of para-hydroxylation sites is 1. The van der Waals surface area contributed by atoms with Crippen molar-refractivity contribution in [1.82, 2.24) is 15.1 Å². The van der Waals surface area contributed by atoms with Crippen LogP contribution < -0.4 is 10.2 Å². The number of hydrogen-bond donors (Lipinski definition) is 1. The number of anilines is 1. The summed E-state index contributed by atoms with van der Waals surface area (Å²) < 4.78 is 5.25. The quantitative estimate of drug-likeness (QED) is 0.625. The molecule has 8 heteroatoms. The van der Waals surface area contributed by atoms with E-state index in [1.54, 1.807) is 31.4 Å². The fourth-order valence-corrected chi connectivity index (χ4v) is 5.39. The van der Waals surface area contributed by atoms with Crippen LogP contribution in [-0.4, -0.2) is 79.6 Å². The van der Waals surface area contributed by atoms with Crippen LogP contribution >= 0.6 is 0 Å². The molecule has 0 spiro atoms. The number of carbonyl (C=O) groups excluding carboxylic acids is 3. The lowest BCUT2D eigenvalue weighted by molar-refractivity contribution is -0.135. The Hall–Kier alpha value is -2.45. The van der Waals surface area contributed by atoms with Crippen molar-refractivity contribution in [2.75, 3.05) is 44.8 Å². The summed E-state index contributed by atoms with van der Waals surface area (Å²) in [4.78, 5) is 44.2. The maximum atomic E-state index is 13.3. The number of carbonyl (C=O) groups is 3. The number of nitrogens with zero attached hydrogens (tertiary/aromatic N) is 3. The maximum absolute atomic E-state index is 13.3. The lowest BCUT2D eigenvalue weighted by atomic mass is 9.83. The zero-order chi connectivity index (χ0) is 22.5. The molecule has 32 heavy (non-hydrogen) atoms. The predicted molar refractivity (Wildman–Crippen MR) is 121 cm³/mol. The van der Waals surface area contributed by atoms with E-state index in [2.05, 4.69) is 10.2 Å². The first kappa shape index (κ1) is 22.7. The Bertz CT molecular complexity index is 815. The Labute approximate surface area is 189 Å². The Morgan fingerprint density at radius 1 is 1.12 bits per heavy atom. The highest BCUT2D eigenvalue weighted by molar-refractivity contribution is 6.22. The van der Waals surface area contributed by atoms with E-state index in [0.717, 1.165) is 30.8 Å². The third-order valence-electron chi connectivity index (χ3n) is 7.01. The average molecular weight is 443 g/mol. The first-order valence-corrected chi connectivity index (χ1v) is 11.8. The highest BCUT2D eigenvalue weighted by atomic mass is 16.5. The van der Waals surface area contributed by atoms with E-state index in [1.165, 1.54) is 19.3 Å². The zero-order valence-electron chi connectivity index (χ0n) is 18.9. The number of rotatable bonds is 8. The second kappa shape index (κ2) is 10.4. The van der Waals surface area contributed by atoms with E-state index in [-0.39, 0.29) is 18.2 Å². The number of benzene rings is 1. The van der Waals surface area contributed by atoms with Gasteiger partial charge in [0.2, 0.25) is 5.91 Å². The molecule has 1 aromatic carbocycles. The lowest BCUT2D eigenvalue weighted by Gasteiger charge is -2.45. The minimum absolute atomic E-state index is 0.0290. The molecule has 1 aromatic rings. The largest absolute Gasteiger partial charge is 0.383 e. The molecule has 3 heterocycles. The molecular formula is C24H34N4O4. The molecule has 4 rings (SSSR count). The number of nitrogens with one attached hydrogen (secondary N) is 1. The molecule has 3 atom stereocenters. The summed E-state index contributed by atoms with van der Waals surface area (Å²) in [6, 6.07) is 8.04. The summed E-state index contributed by atoms with van der Waals surface area (Å²) in [5.41, 5.74) is 0.515. The molecule has 1 N–H and O–H groups in total. The number of amides is 4. The van der Waals surface area contributed by atoms with Gasteiger partial charge in [0.1, 0.15) is 6.04 Å². The van der Waals surface area contributed by atoms with Crippen LogP contribution in [0.2, 0.25) is 0 Å². The smallest absolute Gasteiger partial charge is 0.329 e. The second-order valence-corrected chi connectivity index (χ2v) is 9.05. The molecule has 174 valence electrons. The monoisotopic (exact) mass is 442 g/mol. The molecule has 0 unspecified atom stereocenters. The number of fused-ring (bicyclic) bond motifs is 1. The van der Waals surface area contributed by atoms with Gasteiger partial charge in [0.05, 0.1) is 18.7 Å². The molecule has 0 aromatic heterocycles. The minimum atomic E-state index is -0.835. The van der Waals surface area contributed by atoms with Crippen LogP contribution in [0.4, 0.5) is 10.5 Å². The highest BCUT2D eigenvalue weighted by Gasteiger charge is 2.41. The summed E-state index contributed by atoms with van der Waals surface area (Å²) in [5, 5.41) is 2.69. The maximum Gasteiger partial charge on any atom is 0.329 e. The molecule has 3 aliphatic heterocycles. The van der Waals surface area contributed by atoms with Gasteiger partial charge in [-0.15, -0.1) is 0 Å². The molecule has 0 bridgehead atoms.